The van der Waals surface area contributed by atoms with Crippen molar-refractivity contribution < 1.29 is 28.8 Å². The van der Waals surface area contributed by atoms with Crippen LogP contribution < -0.4 is 0 Å². The van der Waals surface area contributed by atoms with Gasteiger partial charge in [-0.2, -0.15) is 0 Å². The van der Waals surface area contributed by atoms with E-state index < -0.39 is 28.8 Å². The summed E-state index contributed by atoms with van der Waals surface area (Å²) in [6.07, 6.45) is 3.54. The summed E-state index contributed by atoms with van der Waals surface area (Å²) < 4.78 is 25.7. The quantitative estimate of drug-likeness (QED) is 0.478. The molecule has 1 aromatic rings. The molecule has 6 nitrogen and oxygen atoms in total. The molecule has 2 aliphatic heterocycles. The Hall–Kier alpha value is -1.99. The van der Waals surface area contributed by atoms with Gasteiger partial charge in [0.05, 0.1) is 41.5 Å². The molecule has 0 aromatic heterocycles. The Morgan fingerprint density at radius 3 is 2.58 bits per heavy atom. The van der Waals surface area contributed by atoms with Gasteiger partial charge in [0.1, 0.15) is 6.10 Å². The molecule has 7 unspecified atom stereocenters. The van der Waals surface area contributed by atoms with E-state index in [0.717, 1.165) is 19.3 Å². The third kappa shape index (κ3) is 3.20. The van der Waals surface area contributed by atoms with E-state index in [1.807, 2.05) is 32.0 Å². The van der Waals surface area contributed by atoms with Crippen LogP contribution >= 0.6 is 0 Å². The van der Waals surface area contributed by atoms with E-state index in [-0.39, 0.29) is 36.1 Å². The lowest BCUT2D eigenvalue weighted by atomic mass is 9.51. The van der Waals surface area contributed by atoms with Crippen LogP contribution in [-0.4, -0.2) is 54.0 Å². The normalized spacial score (nSPS) is 43.4. The molecule has 0 radical (unpaired) electrons. The second kappa shape index (κ2) is 8.26. The highest BCUT2D eigenvalue weighted by Crippen LogP contribution is 2.67. The number of carbonyl (C=O) groups excluding carboxylic acids is 1. The summed E-state index contributed by atoms with van der Waals surface area (Å²) in [5.74, 6) is -0.238. The molecule has 36 heavy (non-hydrogen) atoms. The maximum atomic E-state index is 13.7. The number of aliphatic hydroxyl groups is 1. The average Bonchev–Trinajstić information content (AvgIpc) is 3.12. The average molecular weight is 495 g/mol. The molecule has 0 spiro atoms. The van der Waals surface area contributed by atoms with Crippen LogP contribution in [0.5, 0.6) is 0 Å². The Morgan fingerprint density at radius 2 is 1.94 bits per heavy atom. The standard InChI is InChI=1S/C30H38O6/c1-6-24-34-22-14-20-17(2)12-13-30(20,28(3,4)32)26(36-27(31)18-10-8-7-9-11-18)25-19-16-33-21(19)15-23(35-24)29(22,25)5/h6-11,19,21-26,32H,1,12-16H2,2-5H3/t19?,21?,22-,23?,24?,25?,26-,29?,30?/m0/s1. The number of hydrogen-bond donors (Lipinski definition) is 1. The molecule has 194 valence electrons. The molecule has 6 heteroatoms. The minimum Gasteiger partial charge on any atom is -0.457 e. The van der Waals surface area contributed by atoms with E-state index in [1.165, 1.54) is 11.1 Å². The minimum atomic E-state index is -1.11. The van der Waals surface area contributed by atoms with Gasteiger partial charge in [-0.05, 0) is 58.2 Å². The highest BCUT2D eigenvalue weighted by Gasteiger charge is 2.72. The Morgan fingerprint density at radius 1 is 1.22 bits per heavy atom. The van der Waals surface area contributed by atoms with Crippen molar-refractivity contribution in [2.75, 3.05) is 6.61 Å². The predicted molar refractivity (Wildman–Crippen MR) is 134 cm³/mol. The molecule has 6 rings (SSSR count). The van der Waals surface area contributed by atoms with Crippen molar-refractivity contribution >= 4 is 5.97 Å². The monoisotopic (exact) mass is 494 g/mol. The van der Waals surface area contributed by atoms with Gasteiger partial charge in [-0.15, -0.1) is 0 Å². The Kier molecular flexibility index (Phi) is 5.58. The van der Waals surface area contributed by atoms with Crippen LogP contribution in [0.15, 0.2) is 54.1 Å². The Balaban J connectivity index is 1.56. The molecule has 2 saturated carbocycles. The van der Waals surface area contributed by atoms with Crippen LogP contribution in [0.2, 0.25) is 0 Å². The predicted octanol–water partition coefficient (Wildman–Crippen LogP) is 4.82. The molecule has 2 heterocycles. The molecule has 9 atom stereocenters. The SMILES string of the molecule is C=CC1OC2CC3OCC3C3[C@H](OC(=O)c4ccccc4)C4(C(C)(C)O)CCC(C)=C4C[C@H](O1)C23C. The molecular weight excluding hydrogens is 456 g/mol. The second-order valence-electron chi connectivity index (χ2n) is 12.2. The van der Waals surface area contributed by atoms with Gasteiger partial charge < -0.3 is 24.1 Å². The zero-order valence-electron chi connectivity index (χ0n) is 21.7. The van der Waals surface area contributed by atoms with E-state index >= 15 is 0 Å². The van der Waals surface area contributed by atoms with Gasteiger partial charge in [-0.25, -0.2) is 4.79 Å². The number of hydrogen-bond acceptors (Lipinski definition) is 6. The summed E-state index contributed by atoms with van der Waals surface area (Å²) in [6.45, 7) is 12.7. The van der Waals surface area contributed by atoms with Crippen molar-refractivity contribution in [2.45, 2.75) is 89.7 Å². The number of fused-ring (bicyclic) bond motifs is 3. The van der Waals surface area contributed by atoms with Crippen LogP contribution in [0.25, 0.3) is 0 Å². The second-order valence-corrected chi connectivity index (χ2v) is 12.2. The number of carbonyl (C=O) groups is 1. The number of benzene rings is 1. The maximum absolute atomic E-state index is 13.7. The van der Waals surface area contributed by atoms with Crippen LogP contribution in [-0.2, 0) is 18.9 Å². The third-order valence-electron chi connectivity index (χ3n) is 10.3. The lowest BCUT2D eigenvalue weighted by Crippen LogP contribution is -2.70. The molecule has 2 saturated heterocycles. The first-order valence-corrected chi connectivity index (χ1v) is 13.3. The largest absolute Gasteiger partial charge is 0.457 e. The smallest absolute Gasteiger partial charge is 0.338 e. The van der Waals surface area contributed by atoms with E-state index in [4.69, 9.17) is 18.9 Å². The summed E-state index contributed by atoms with van der Waals surface area (Å²) >= 11 is 0. The molecule has 1 aromatic carbocycles. The van der Waals surface area contributed by atoms with Crippen molar-refractivity contribution in [1.82, 2.24) is 0 Å². The number of ether oxygens (including phenoxy) is 4. The molecule has 4 fully saturated rings. The summed E-state index contributed by atoms with van der Waals surface area (Å²) in [7, 11) is 0. The zero-order valence-corrected chi connectivity index (χ0v) is 21.7. The molecular formula is C30H38O6. The highest BCUT2D eigenvalue weighted by atomic mass is 16.7. The fourth-order valence-electron chi connectivity index (χ4n) is 8.30. The van der Waals surface area contributed by atoms with E-state index in [0.29, 0.717) is 18.6 Å². The van der Waals surface area contributed by atoms with Gasteiger partial charge >= 0.3 is 5.97 Å². The molecule has 3 aliphatic carbocycles. The number of rotatable bonds is 4. The van der Waals surface area contributed by atoms with Gasteiger partial charge in [0.15, 0.2) is 6.29 Å². The first-order chi connectivity index (χ1) is 17.1. The number of esters is 1. The van der Waals surface area contributed by atoms with Gasteiger partial charge in [0.25, 0.3) is 0 Å². The van der Waals surface area contributed by atoms with Crippen LogP contribution in [0.4, 0.5) is 0 Å². The van der Waals surface area contributed by atoms with Gasteiger partial charge in [0, 0.05) is 23.7 Å². The van der Waals surface area contributed by atoms with Crippen molar-refractivity contribution in [2.24, 2.45) is 22.7 Å². The fourth-order valence-corrected chi connectivity index (χ4v) is 8.30. The molecule has 0 amide bonds. The summed E-state index contributed by atoms with van der Waals surface area (Å²) in [5, 5.41) is 11.9. The Labute approximate surface area is 213 Å². The molecule has 0 bridgehead atoms. The lowest BCUT2D eigenvalue weighted by Gasteiger charge is -2.63. The summed E-state index contributed by atoms with van der Waals surface area (Å²) in [6, 6.07) is 9.17. The minimum absolute atomic E-state index is 0.0436. The van der Waals surface area contributed by atoms with Gasteiger partial charge in [0.2, 0.25) is 0 Å². The van der Waals surface area contributed by atoms with Crippen molar-refractivity contribution in [1.29, 1.82) is 0 Å². The molecule has 5 aliphatic rings. The van der Waals surface area contributed by atoms with E-state index in [9.17, 15) is 9.90 Å². The first kappa shape index (κ1) is 24.4. The summed E-state index contributed by atoms with van der Waals surface area (Å²) in [5.41, 5.74) is 0.720. The van der Waals surface area contributed by atoms with E-state index in [1.54, 1.807) is 18.2 Å². The van der Waals surface area contributed by atoms with Crippen LogP contribution in [0.1, 0.15) is 63.7 Å². The third-order valence-corrected chi connectivity index (χ3v) is 10.3. The lowest BCUT2D eigenvalue weighted by molar-refractivity contribution is -0.347. The van der Waals surface area contributed by atoms with Crippen LogP contribution in [0.3, 0.4) is 0 Å². The van der Waals surface area contributed by atoms with Crippen molar-refractivity contribution in [3.05, 3.63) is 59.7 Å². The summed E-state index contributed by atoms with van der Waals surface area (Å²) in [4.78, 5) is 13.7. The molecule has 1 N–H and O–H groups in total. The zero-order chi connectivity index (χ0) is 25.5. The maximum Gasteiger partial charge on any atom is 0.338 e. The fraction of sp³-hybridized carbons (Fsp3) is 0.633. The Bertz CT molecular complexity index is 1090. The topological polar surface area (TPSA) is 74.2 Å². The number of allylic oxidation sites excluding steroid dienone is 1. The van der Waals surface area contributed by atoms with Gasteiger partial charge in [-0.3, -0.25) is 0 Å². The van der Waals surface area contributed by atoms with E-state index in [2.05, 4.69) is 20.4 Å². The van der Waals surface area contributed by atoms with Crippen molar-refractivity contribution in [3.63, 3.8) is 0 Å². The van der Waals surface area contributed by atoms with Crippen molar-refractivity contribution in [3.8, 4) is 0 Å². The first-order valence-electron chi connectivity index (χ1n) is 13.3. The van der Waals surface area contributed by atoms with Crippen LogP contribution in [0, 0.1) is 22.7 Å². The highest BCUT2D eigenvalue weighted by molar-refractivity contribution is 5.89. The van der Waals surface area contributed by atoms with Gasteiger partial charge in [-0.1, -0.05) is 42.8 Å².